The van der Waals surface area contributed by atoms with Gasteiger partial charge in [0.25, 0.3) is 0 Å². The molecular weight excluding hydrogens is 362 g/mol. The van der Waals surface area contributed by atoms with Crippen molar-refractivity contribution in [1.29, 1.82) is 0 Å². The highest BCUT2D eigenvalue weighted by Crippen LogP contribution is 2.24. The van der Waals surface area contributed by atoms with Gasteiger partial charge in [0.05, 0.1) is 0 Å². The molecule has 2 fully saturated rings. The summed E-state index contributed by atoms with van der Waals surface area (Å²) in [4.78, 5) is 21.1. The van der Waals surface area contributed by atoms with E-state index in [9.17, 15) is 4.79 Å². The van der Waals surface area contributed by atoms with Crippen LogP contribution >= 0.6 is 0 Å². The second-order valence-corrected chi connectivity index (χ2v) is 7.84. The number of nitrogens with zero attached hydrogens (tertiary/aromatic N) is 3. The normalized spacial score (nSPS) is 19.5. The highest BCUT2D eigenvalue weighted by molar-refractivity contribution is 5.91. The topological polar surface area (TPSA) is 45.7 Å². The second-order valence-electron chi connectivity index (χ2n) is 7.84. The van der Waals surface area contributed by atoms with Gasteiger partial charge in [-0.1, -0.05) is 30.3 Å². The third kappa shape index (κ3) is 5.45. The molecule has 0 bridgehead atoms. The number of pyridine rings is 1. The fourth-order valence-corrected chi connectivity index (χ4v) is 4.26. The summed E-state index contributed by atoms with van der Waals surface area (Å²) >= 11 is 0. The van der Waals surface area contributed by atoms with Crippen molar-refractivity contribution in [3.05, 3.63) is 66.5 Å². The molecule has 0 atom stereocenters. The number of hydrogen-bond donors (Lipinski definition) is 0. The van der Waals surface area contributed by atoms with Crippen molar-refractivity contribution < 1.29 is 9.53 Å². The zero-order valence-corrected chi connectivity index (χ0v) is 16.8. The molecule has 29 heavy (non-hydrogen) atoms. The Morgan fingerprint density at radius 2 is 1.62 bits per heavy atom. The van der Waals surface area contributed by atoms with Gasteiger partial charge in [0.1, 0.15) is 11.9 Å². The minimum absolute atomic E-state index is 0.122. The molecule has 0 spiro atoms. The van der Waals surface area contributed by atoms with E-state index >= 15 is 0 Å². The van der Waals surface area contributed by atoms with Gasteiger partial charge in [0.2, 0.25) is 5.91 Å². The van der Waals surface area contributed by atoms with Gasteiger partial charge in [-0.2, -0.15) is 0 Å². The van der Waals surface area contributed by atoms with Gasteiger partial charge in [-0.15, -0.1) is 0 Å². The van der Waals surface area contributed by atoms with Crippen molar-refractivity contribution in [3.8, 4) is 5.75 Å². The first-order valence-corrected chi connectivity index (χ1v) is 10.6. The number of ether oxygens (including phenoxy) is 1. The van der Waals surface area contributed by atoms with E-state index in [-0.39, 0.29) is 5.91 Å². The van der Waals surface area contributed by atoms with E-state index in [0.717, 1.165) is 63.2 Å². The maximum Gasteiger partial charge on any atom is 0.246 e. The van der Waals surface area contributed by atoms with Crippen LogP contribution < -0.4 is 4.74 Å². The summed E-state index contributed by atoms with van der Waals surface area (Å²) in [5.41, 5.74) is 1.06. The highest BCUT2D eigenvalue weighted by Gasteiger charge is 2.29. The number of rotatable bonds is 5. The van der Waals surface area contributed by atoms with Crippen molar-refractivity contribution in [2.45, 2.75) is 37.8 Å². The Hall–Kier alpha value is -2.66. The van der Waals surface area contributed by atoms with E-state index in [4.69, 9.17) is 4.74 Å². The number of carbonyl (C=O) groups is 1. The Labute approximate surface area is 173 Å². The third-order valence-corrected chi connectivity index (χ3v) is 5.94. The van der Waals surface area contributed by atoms with Crippen molar-refractivity contribution in [2.24, 2.45) is 0 Å². The molecule has 3 heterocycles. The van der Waals surface area contributed by atoms with E-state index in [2.05, 4.69) is 9.88 Å². The smallest absolute Gasteiger partial charge is 0.246 e. The van der Waals surface area contributed by atoms with Crippen LogP contribution in [0.3, 0.4) is 0 Å². The van der Waals surface area contributed by atoms with Crippen LogP contribution in [0.4, 0.5) is 0 Å². The van der Waals surface area contributed by atoms with Gasteiger partial charge < -0.3 is 9.64 Å². The number of likely N-dealkylation sites (tertiary alicyclic amines) is 2. The molecule has 0 radical (unpaired) electrons. The minimum atomic E-state index is 0.122. The van der Waals surface area contributed by atoms with Crippen molar-refractivity contribution in [2.75, 3.05) is 26.2 Å². The molecule has 1 amide bonds. The first-order chi connectivity index (χ1) is 14.3. The number of benzene rings is 1. The van der Waals surface area contributed by atoms with Gasteiger partial charge in [0, 0.05) is 50.7 Å². The quantitative estimate of drug-likeness (QED) is 0.730. The van der Waals surface area contributed by atoms with Crippen LogP contribution in [-0.4, -0.2) is 59.0 Å². The Kier molecular flexibility index (Phi) is 6.57. The third-order valence-electron chi connectivity index (χ3n) is 5.94. The summed E-state index contributed by atoms with van der Waals surface area (Å²) in [5, 5.41) is 0. The maximum absolute atomic E-state index is 12.5. The zero-order chi connectivity index (χ0) is 19.9. The highest BCUT2D eigenvalue weighted by atomic mass is 16.5. The maximum atomic E-state index is 12.5. The molecule has 152 valence electrons. The summed E-state index contributed by atoms with van der Waals surface area (Å²) in [6.45, 7) is 3.83. The zero-order valence-electron chi connectivity index (χ0n) is 16.8. The lowest BCUT2D eigenvalue weighted by Crippen LogP contribution is -2.49. The molecule has 2 aliphatic rings. The lowest BCUT2D eigenvalue weighted by atomic mass is 9.98. The first-order valence-electron chi connectivity index (χ1n) is 10.6. The van der Waals surface area contributed by atoms with Gasteiger partial charge in [-0.05, 0) is 49.5 Å². The fourth-order valence-electron chi connectivity index (χ4n) is 4.26. The van der Waals surface area contributed by atoms with Crippen molar-refractivity contribution in [3.63, 3.8) is 0 Å². The van der Waals surface area contributed by atoms with Gasteiger partial charge in [0.15, 0.2) is 0 Å². The van der Waals surface area contributed by atoms with E-state index in [1.165, 1.54) is 0 Å². The fraction of sp³-hybridized carbons (Fsp3) is 0.417. The Morgan fingerprint density at radius 3 is 2.31 bits per heavy atom. The molecule has 1 aromatic heterocycles. The van der Waals surface area contributed by atoms with E-state index in [1.807, 2.05) is 53.4 Å². The van der Waals surface area contributed by atoms with Gasteiger partial charge in [-0.25, -0.2) is 0 Å². The summed E-state index contributed by atoms with van der Waals surface area (Å²) < 4.78 is 6.08. The average Bonchev–Trinajstić information content (AvgIpc) is 2.79. The molecular formula is C24H29N3O2. The Bertz CT molecular complexity index is 793. The lowest BCUT2D eigenvalue weighted by molar-refractivity contribution is -0.127. The number of amides is 1. The SMILES string of the molecule is O=C(/C=C/c1ccccc1)N1CCC(N2CCC(Oc3ccncc3)CC2)CC1. The van der Waals surface area contributed by atoms with Crippen LogP contribution in [0, 0.1) is 0 Å². The Balaban J connectivity index is 1.20. The molecule has 2 aliphatic heterocycles. The summed E-state index contributed by atoms with van der Waals surface area (Å²) in [7, 11) is 0. The van der Waals surface area contributed by atoms with Crippen molar-refractivity contribution >= 4 is 12.0 Å². The van der Waals surface area contributed by atoms with E-state index in [1.54, 1.807) is 18.5 Å². The number of carbonyl (C=O) groups excluding carboxylic acids is 1. The van der Waals surface area contributed by atoms with Crippen LogP contribution in [0.15, 0.2) is 60.9 Å². The molecule has 5 heteroatoms. The number of hydrogen-bond acceptors (Lipinski definition) is 4. The number of piperidine rings is 2. The first kappa shape index (κ1) is 19.6. The monoisotopic (exact) mass is 391 g/mol. The molecule has 1 aromatic carbocycles. The molecule has 0 aliphatic carbocycles. The van der Waals surface area contributed by atoms with Crippen LogP contribution in [0.5, 0.6) is 5.75 Å². The molecule has 2 aromatic rings. The predicted molar refractivity (Wildman–Crippen MR) is 115 cm³/mol. The van der Waals surface area contributed by atoms with Gasteiger partial charge >= 0.3 is 0 Å². The van der Waals surface area contributed by atoms with Gasteiger partial charge in [-0.3, -0.25) is 14.7 Å². The summed E-state index contributed by atoms with van der Waals surface area (Å²) in [6, 6.07) is 14.4. The second kappa shape index (κ2) is 9.70. The summed E-state index contributed by atoms with van der Waals surface area (Å²) in [6.07, 6.45) is 11.7. The van der Waals surface area contributed by atoms with E-state index < -0.39 is 0 Å². The van der Waals surface area contributed by atoms with Crippen LogP contribution in [-0.2, 0) is 4.79 Å². The largest absolute Gasteiger partial charge is 0.490 e. The Morgan fingerprint density at radius 1 is 0.931 bits per heavy atom. The predicted octanol–water partition coefficient (Wildman–Crippen LogP) is 3.63. The molecule has 5 nitrogen and oxygen atoms in total. The van der Waals surface area contributed by atoms with Crippen LogP contribution in [0.1, 0.15) is 31.2 Å². The summed E-state index contributed by atoms with van der Waals surface area (Å²) in [5.74, 6) is 1.03. The molecule has 4 rings (SSSR count). The van der Waals surface area contributed by atoms with E-state index in [0.29, 0.717) is 12.1 Å². The van der Waals surface area contributed by atoms with Crippen molar-refractivity contribution in [1.82, 2.24) is 14.8 Å². The minimum Gasteiger partial charge on any atom is -0.490 e. The van der Waals surface area contributed by atoms with Crippen LogP contribution in [0.25, 0.3) is 6.08 Å². The van der Waals surface area contributed by atoms with Crippen LogP contribution in [0.2, 0.25) is 0 Å². The standard InChI is InChI=1S/C24H29N3O2/c28-24(7-6-20-4-2-1-3-5-20)27-16-10-21(11-17-27)26-18-12-23(13-19-26)29-22-8-14-25-15-9-22/h1-9,14-15,21,23H,10-13,16-19H2/b7-6+. The lowest BCUT2D eigenvalue weighted by Gasteiger charge is -2.41. The average molecular weight is 392 g/mol. The molecule has 0 saturated carbocycles. The number of aromatic nitrogens is 1. The molecule has 0 N–H and O–H groups in total. The molecule has 0 unspecified atom stereocenters. The molecule has 2 saturated heterocycles.